The van der Waals surface area contributed by atoms with E-state index in [0.29, 0.717) is 11.6 Å². The zero-order valence-electron chi connectivity index (χ0n) is 9.18. The van der Waals surface area contributed by atoms with Crippen LogP contribution < -0.4 is 4.74 Å². The molecule has 4 heteroatoms. The summed E-state index contributed by atoms with van der Waals surface area (Å²) in [5.74, 6) is 0.517. The fourth-order valence-corrected chi connectivity index (χ4v) is 2.20. The minimum Gasteiger partial charge on any atom is -0.481 e. The van der Waals surface area contributed by atoms with Gasteiger partial charge in [0, 0.05) is 10.9 Å². The molecule has 2 rings (SSSR count). The van der Waals surface area contributed by atoms with Crippen molar-refractivity contribution in [2.45, 2.75) is 13.0 Å². The van der Waals surface area contributed by atoms with Gasteiger partial charge in [-0.15, -0.1) is 11.3 Å². The molecule has 0 spiro atoms. The lowest BCUT2D eigenvalue weighted by Gasteiger charge is -2.09. The number of nitrogens with zero attached hydrogens (tertiary/aromatic N) is 1. The van der Waals surface area contributed by atoms with Gasteiger partial charge in [-0.25, -0.2) is 4.98 Å². The maximum absolute atomic E-state index is 10.1. The highest BCUT2D eigenvalue weighted by molar-refractivity contribution is 7.10. The van der Waals surface area contributed by atoms with Crippen LogP contribution in [0.5, 0.6) is 5.88 Å². The molecule has 84 valence electrons. The second-order valence-electron chi connectivity index (χ2n) is 3.50. The van der Waals surface area contributed by atoms with Crippen LogP contribution in [0.25, 0.3) is 0 Å². The van der Waals surface area contributed by atoms with Crippen LogP contribution in [0.15, 0.2) is 29.6 Å². The number of hydrogen-bond donors (Lipinski definition) is 1. The number of aryl methyl sites for hydroxylation is 1. The Morgan fingerprint density at radius 1 is 1.44 bits per heavy atom. The number of aromatic nitrogens is 1. The fraction of sp³-hybridized carbons (Fsp3) is 0.250. The van der Waals surface area contributed by atoms with Crippen molar-refractivity contribution in [2.75, 3.05) is 7.11 Å². The molecule has 16 heavy (non-hydrogen) atoms. The first kappa shape index (κ1) is 11.1. The third kappa shape index (κ3) is 2.23. The molecule has 0 aliphatic carbocycles. The Morgan fingerprint density at radius 3 is 2.88 bits per heavy atom. The van der Waals surface area contributed by atoms with E-state index in [0.717, 1.165) is 5.56 Å². The van der Waals surface area contributed by atoms with Crippen molar-refractivity contribution >= 4 is 11.3 Å². The summed E-state index contributed by atoms with van der Waals surface area (Å²) in [5, 5.41) is 12.1. The van der Waals surface area contributed by atoms with Gasteiger partial charge in [-0.1, -0.05) is 6.07 Å². The topological polar surface area (TPSA) is 42.4 Å². The fourth-order valence-electron chi connectivity index (χ4n) is 1.47. The minimum atomic E-state index is -0.681. The third-order valence-electron chi connectivity index (χ3n) is 2.30. The molecule has 2 heterocycles. The summed E-state index contributed by atoms with van der Waals surface area (Å²) in [6, 6.07) is 7.34. The normalized spacial score (nSPS) is 12.4. The second kappa shape index (κ2) is 4.63. The number of methoxy groups -OCH3 is 1. The van der Waals surface area contributed by atoms with E-state index in [-0.39, 0.29) is 0 Å². The van der Waals surface area contributed by atoms with Crippen molar-refractivity contribution in [2.24, 2.45) is 0 Å². The van der Waals surface area contributed by atoms with Crippen molar-refractivity contribution in [3.63, 3.8) is 0 Å². The first-order valence-electron chi connectivity index (χ1n) is 4.95. The Morgan fingerprint density at radius 2 is 2.25 bits per heavy atom. The van der Waals surface area contributed by atoms with Crippen molar-refractivity contribution < 1.29 is 9.84 Å². The lowest BCUT2D eigenvalue weighted by Crippen LogP contribution is -2.01. The summed E-state index contributed by atoms with van der Waals surface area (Å²) < 4.78 is 5.03. The van der Waals surface area contributed by atoms with E-state index >= 15 is 0 Å². The van der Waals surface area contributed by atoms with E-state index in [1.165, 1.54) is 4.88 Å². The van der Waals surface area contributed by atoms with E-state index in [4.69, 9.17) is 4.74 Å². The van der Waals surface area contributed by atoms with E-state index in [2.05, 4.69) is 4.98 Å². The van der Waals surface area contributed by atoms with Crippen LogP contribution in [-0.2, 0) is 0 Å². The number of aliphatic hydroxyl groups is 1. The highest BCUT2D eigenvalue weighted by Gasteiger charge is 2.13. The van der Waals surface area contributed by atoms with Gasteiger partial charge in [-0.3, -0.25) is 0 Å². The van der Waals surface area contributed by atoms with Gasteiger partial charge in [0.2, 0.25) is 5.88 Å². The number of hydrogen-bond acceptors (Lipinski definition) is 4. The Bertz CT molecular complexity index is 481. The van der Waals surface area contributed by atoms with Crippen LogP contribution in [0.2, 0.25) is 0 Å². The van der Waals surface area contributed by atoms with Gasteiger partial charge in [0.1, 0.15) is 6.10 Å². The average Bonchev–Trinajstić information content (AvgIpc) is 2.75. The molecule has 1 atom stereocenters. The van der Waals surface area contributed by atoms with Crippen molar-refractivity contribution in [1.82, 2.24) is 4.98 Å². The van der Waals surface area contributed by atoms with Crippen LogP contribution in [0.3, 0.4) is 0 Å². The molecule has 0 aliphatic heterocycles. The molecule has 0 radical (unpaired) electrons. The average molecular weight is 235 g/mol. The molecule has 1 N–H and O–H groups in total. The van der Waals surface area contributed by atoms with Crippen molar-refractivity contribution in [3.05, 3.63) is 45.8 Å². The van der Waals surface area contributed by atoms with E-state index < -0.39 is 6.10 Å². The quantitative estimate of drug-likeness (QED) is 0.889. The van der Waals surface area contributed by atoms with Crippen LogP contribution in [0, 0.1) is 6.92 Å². The summed E-state index contributed by atoms with van der Waals surface area (Å²) in [6.07, 6.45) is -0.681. The monoisotopic (exact) mass is 235 g/mol. The van der Waals surface area contributed by atoms with Crippen LogP contribution in [0.4, 0.5) is 0 Å². The summed E-state index contributed by atoms with van der Waals surface area (Å²) in [7, 11) is 1.56. The van der Waals surface area contributed by atoms with Gasteiger partial charge >= 0.3 is 0 Å². The standard InChI is InChI=1S/C12H13NO2S/c1-8-6-9(7-16-8)12(14)10-4-3-5-11(13-10)15-2/h3-7,12,14H,1-2H3. The summed E-state index contributed by atoms with van der Waals surface area (Å²) >= 11 is 1.62. The zero-order valence-corrected chi connectivity index (χ0v) is 9.99. The molecule has 0 amide bonds. The molecule has 2 aromatic rings. The maximum atomic E-state index is 10.1. The Balaban J connectivity index is 2.29. The largest absolute Gasteiger partial charge is 0.481 e. The SMILES string of the molecule is COc1cccc(C(O)c2csc(C)c2)n1. The predicted molar refractivity (Wildman–Crippen MR) is 63.9 cm³/mol. The van der Waals surface area contributed by atoms with Crippen LogP contribution in [0.1, 0.15) is 22.2 Å². The number of ether oxygens (including phenoxy) is 1. The number of pyridine rings is 1. The molecular formula is C12H13NO2S. The molecule has 3 nitrogen and oxygen atoms in total. The summed E-state index contributed by atoms with van der Waals surface area (Å²) in [5.41, 5.74) is 1.49. The Hall–Kier alpha value is -1.39. The van der Waals surface area contributed by atoms with Gasteiger partial charge in [0.25, 0.3) is 0 Å². The van der Waals surface area contributed by atoms with Gasteiger partial charge in [0.15, 0.2) is 0 Å². The lowest BCUT2D eigenvalue weighted by atomic mass is 10.1. The smallest absolute Gasteiger partial charge is 0.213 e. The summed E-state index contributed by atoms with van der Waals surface area (Å²) in [4.78, 5) is 5.39. The van der Waals surface area contributed by atoms with Gasteiger partial charge in [-0.05, 0) is 30.0 Å². The first-order chi connectivity index (χ1) is 7.70. The molecule has 0 saturated carbocycles. The molecule has 1 unspecified atom stereocenters. The lowest BCUT2D eigenvalue weighted by molar-refractivity contribution is 0.214. The molecular weight excluding hydrogens is 222 g/mol. The Kier molecular flexibility index (Phi) is 3.22. The summed E-state index contributed by atoms with van der Waals surface area (Å²) in [6.45, 7) is 2.01. The number of thiophene rings is 1. The van der Waals surface area contributed by atoms with Gasteiger partial charge in [-0.2, -0.15) is 0 Å². The van der Waals surface area contributed by atoms with Gasteiger partial charge < -0.3 is 9.84 Å². The highest BCUT2D eigenvalue weighted by Crippen LogP contribution is 2.25. The predicted octanol–water partition coefficient (Wildman–Crippen LogP) is 2.54. The first-order valence-corrected chi connectivity index (χ1v) is 5.82. The molecule has 2 aromatic heterocycles. The highest BCUT2D eigenvalue weighted by atomic mass is 32.1. The van der Waals surface area contributed by atoms with Crippen LogP contribution in [-0.4, -0.2) is 17.2 Å². The van der Waals surface area contributed by atoms with Gasteiger partial charge in [0.05, 0.1) is 12.8 Å². The minimum absolute atomic E-state index is 0.517. The van der Waals surface area contributed by atoms with Crippen molar-refractivity contribution in [3.8, 4) is 5.88 Å². The van der Waals surface area contributed by atoms with Crippen molar-refractivity contribution in [1.29, 1.82) is 0 Å². The van der Waals surface area contributed by atoms with E-state index in [1.807, 2.05) is 24.4 Å². The number of aliphatic hydroxyl groups excluding tert-OH is 1. The van der Waals surface area contributed by atoms with E-state index in [1.54, 1.807) is 30.6 Å². The molecule has 0 bridgehead atoms. The molecule has 0 aliphatic rings. The Labute approximate surface area is 98.4 Å². The third-order valence-corrected chi connectivity index (χ3v) is 3.18. The molecule has 0 saturated heterocycles. The second-order valence-corrected chi connectivity index (χ2v) is 4.61. The molecule has 0 fully saturated rings. The number of rotatable bonds is 3. The zero-order chi connectivity index (χ0) is 11.5. The van der Waals surface area contributed by atoms with Crippen LogP contribution >= 0.6 is 11.3 Å². The maximum Gasteiger partial charge on any atom is 0.213 e. The van der Waals surface area contributed by atoms with E-state index in [9.17, 15) is 5.11 Å². The molecule has 0 aromatic carbocycles.